The van der Waals surface area contributed by atoms with Gasteiger partial charge in [-0.25, -0.2) is 9.07 Å². The van der Waals surface area contributed by atoms with Crippen LogP contribution in [-0.4, -0.2) is 9.78 Å². The summed E-state index contributed by atoms with van der Waals surface area (Å²) in [5.41, 5.74) is 0.537. The molecule has 1 heterocycles. The van der Waals surface area contributed by atoms with Crippen LogP contribution in [0, 0.1) is 28.4 Å². The molecular weight excluding hydrogens is 337 g/mol. The van der Waals surface area contributed by atoms with E-state index in [4.69, 9.17) is 21.7 Å². The number of hydrogen-bond donors (Lipinski definition) is 1. The van der Waals surface area contributed by atoms with Gasteiger partial charge in [0.05, 0.1) is 5.69 Å². The molecule has 2 aromatic rings. The molecule has 0 amide bonds. The molecule has 25 heavy (non-hydrogen) atoms. The van der Waals surface area contributed by atoms with Crippen molar-refractivity contribution in [2.24, 2.45) is 17.8 Å². The Morgan fingerprint density at radius 1 is 1.16 bits per heavy atom. The lowest BCUT2D eigenvalue weighted by Gasteiger charge is -2.55. The summed E-state index contributed by atoms with van der Waals surface area (Å²) in [5, 5.41) is 7.76. The van der Waals surface area contributed by atoms with Crippen molar-refractivity contribution in [2.45, 2.75) is 50.6 Å². The van der Waals surface area contributed by atoms with E-state index in [2.05, 4.69) is 5.32 Å². The van der Waals surface area contributed by atoms with Crippen LogP contribution in [0.5, 0.6) is 0 Å². The van der Waals surface area contributed by atoms with Crippen molar-refractivity contribution in [2.75, 3.05) is 5.32 Å². The van der Waals surface area contributed by atoms with Gasteiger partial charge < -0.3 is 9.73 Å². The molecule has 4 bridgehead atoms. The minimum Gasteiger partial charge on any atom is -0.413 e. The Hall–Kier alpha value is -1.69. The van der Waals surface area contributed by atoms with Crippen molar-refractivity contribution in [3.63, 3.8) is 0 Å². The summed E-state index contributed by atoms with van der Waals surface area (Å²) in [7, 11) is 0. The molecule has 0 saturated heterocycles. The molecule has 0 spiro atoms. The monoisotopic (exact) mass is 359 g/mol. The number of rotatable bonds is 4. The molecule has 1 aromatic carbocycles. The second kappa shape index (κ2) is 5.66. The first kappa shape index (κ1) is 15.6. The van der Waals surface area contributed by atoms with Gasteiger partial charge in [0, 0.05) is 5.41 Å². The fourth-order valence-electron chi connectivity index (χ4n) is 5.76. The molecular formula is C19H22FN3OS. The minimum absolute atomic E-state index is 0.0888. The molecule has 4 saturated carbocycles. The van der Waals surface area contributed by atoms with E-state index in [0.717, 1.165) is 23.6 Å². The first-order valence-electron chi connectivity index (χ1n) is 9.18. The average molecular weight is 359 g/mol. The fraction of sp³-hybridized carbons (Fsp3) is 0.579. The van der Waals surface area contributed by atoms with Gasteiger partial charge in [-0.05, 0) is 80.6 Å². The van der Waals surface area contributed by atoms with Crippen molar-refractivity contribution in [1.29, 1.82) is 0 Å². The van der Waals surface area contributed by atoms with Crippen LogP contribution in [0.3, 0.4) is 0 Å². The summed E-state index contributed by atoms with van der Waals surface area (Å²) < 4.78 is 21.4. The molecule has 1 aromatic heterocycles. The smallest absolute Gasteiger partial charge is 0.288 e. The van der Waals surface area contributed by atoms with E-state index in [9.17, 15) is 4.39 Å². The number of halogens is 1. The zero-order chi connectivity index (χ0) is 17.0. The normalized spacial score (nSPS) is 32.9. The summed E-state index contributed by atoms with van der Waals surface area (Å²) in [6, 6.07) is 6.62. The molecule has 4 aliphatic rings. The largest absolute Gasteiger partial charge is 0.413 e. The van der Waals surface area contributed by atoms with E-state index in [1.165, 1.54) is 44.6 Å². The summed E-state index contributed by atoms with van der Waals surface area (Å²) in [6.07, 6.45) is 7.72. The Morgan fingerprint density at radius 3 is 2.44 bits per heavy atom. The van der Waals surface area contributed by atoms with Gasteiger partial charge in [-0.3, -0.25) is 0 Å². The number of para-hydroxylation sites is 1. The van der Waals surface area contributed by atoms with Gasteiger partial charge in [-0.2, -0.15) is 0 Å². The van der Waals surface area contributed by atoms with E-state index >= 15 is 0 Å². The third kappa shape index (κ3) is 2.62. The molecule has 132 valence electrons. The highest BCUT2D eigenvalue weighted by Gasteiger charge is 2.54. The lowest BCUT2D eigenvalue weighted by molar-refractivity contribution is -0.0181. The van der Waals surface area contributed by atoms with Crippen LogP contribution in [0.4, 0.5) is 10.1 Å². The third-order valence-electron chi connectivity index (χ3n) is 6.39. The molecule has 0 aliphatic heterocycles. The number of aromatic nitrogens is 2. The van der Waals surface area contributed by atoms with Crippen LogP contribution >= 0.6 is 12.2 Å². The molecule has 1 N–H and O–H groups in total. The van der Waals surface area contributed by atoms with E-state index < -0.39 is 0 Å². The Balaban J connectivity index is 1.39. The molecule has 6 rings (SSSR count). The quantitative estimate of drug-likeness (QED) is 0.790. The zero-order valence-electron chi connectivity index (χ0n) is 14.1. The van der Waals surface area contributed by atoms with Gasteiger partial charge in [0.2, 0.25) is 5.89 Å². The highest BCUT2D eigenvalue weighted by molar-refractivity contribution is 7.71. The lowest BCUT2D eigenvalue weighted by atomic mass is 9.49. The van der Waals surface area contributed by atoms with Crippen LogP contribution in [0.15, 0.2) is 28.7 Å². The van der Waals surface area contributed by atoms with Crippen LogP contribution in [0.2, 0.25) is 0 Å². The zero-order valence-corrected chi connectivity index (χ0v) is 14.9. The SMILES string of the molecule is Fc1ccccc1NCn1nc(C23CC4CC(CC(C4)C2)C3)oc1=S. The number of anilines is 1. The molecule has 0 radical (unpaired) electrons. The Labute approximate surface area is 151 Å². The van der Waals surface area contributed by atoms with Gasteiger partial charge in [-0.15, -0.1) is 5.10 Å². The maximum Gasteiger partial charge on any atom is 0.288 e. The van der Waals surface area contributed by atoms with Crippen molar-refractivity contribution < 1.29 is 8.81 Å². The summed E-state index contributed by atoms with van der Waals surface area (Å²) in [4.78, 5) is 0.370. The molecule has 4 fully saturated rings. The molecule has 0 atom stereocenters. The van der Waals surface area contributed by atoms with E-state index in [0.29, 0.717) is 17.2 Å². The second-order valence-electron chi connectivity index (χ2n) is 8.19. The van der Waals surface area contributed by atoms with Crippen LogP contribution in [0.25, 0.3) is 0 Å². The highest BCUT2D eigenvalue weighted by atomic mass is 32.1. The predicted molar refractivity (Wildman–Crippen MR) is 95.2 cm³/mol. The summed E-state index contributed by atoms with van der Waals surface area (Å²) in [6.45, 7) is 0.315. The Bertz CT molecular complexity index is 823. The topological polar surface area (TPSA) is 43.0 Å². The Kier molecular flexibility index (Phi) is 3.52. The third-order valence-corrected chi connectivity index (χ3v) is 6.69. The van der Waals surface area contributed by atoms with Crippen LogP contribution < -0.4 is 5.32 Å². The van der Waals surface area contributed by atoms with Gasteiger partial charge >= 0.3 is 0 Å². The number of nitrogens with one attached hydrogen (secondary N) is 1. The van der Waals surface area contributed by atoms with Gasteiger partial charge in [-0.1, -0.05) is 12.1 Å². The number of nitrogens with zero attached hydrogens (tertiary/aromatic N) is 2. The van der Waals surface area contributed by atoms with Gasteiger partial charge in [0.1, 0.15) is 12.5 Å². The fourth-order valence-corrected chi connectivity index (χ4v) is 5.94. The average Bonchev–Trinajstić information content (AvgIpc) is 2.95. The minimum atomic E-state index is -0.279. The number of benzene rings is 1. The first-order chi connectivity index (χ1) is 12.1. The van der Waals surface area contributed by atoms with Gasteiger partial charge in [0.25, 0.3) is 4.84 Å². The van der Waals surface area contributed by atoms with Crippen molar-refractivity contribution in [3.8, 4) is 0 Å². The van der Waals surface area contributed by atoms with Gasteiger partial charge in [0.15, 0.2) is 0 Å². The number of hydrogen-bond acceptors (Lipinski definition) is 4. The first-order valence-corrected chi connectivity index (χ1v) is 9.59. The highest BCUT2D eigenvalue weighted by Crippen LogP contribution is 2.60. The van der Waals surface area contributed by atoms with Crippen molar-refractivity contribution in [1.82, 2.24) is 9.78 Å². The van der Waals surface area contributed by atoms with Crippen LogP contribution in [0.1, 0.15) is 44.4 Å². The second-order valence-corrected chi connectivity index (χ2v) is 8.53. The Morgan fingerprint density at radius 2 is 1.80 bits per heavy atom. The van der Waals surface area contributed by atoms with Crippen molar-refractivity contribution in [3.05, 3.63) is 40.8 Å². The van der Waals surface area contributed by atoms with E-state index in [1.807, 2.05) is 0 Å². The molecule has 4 aliphatic carbocycles. The molecule has 6 heteroatoms. The van der Waals surface area contributed by atoms with Crippen LogP contribution in [-0.2, 0) is 12.1 Å². The maximum atomic E-state index is 13.8. The maximum absolute atomic E-state index is 13.8. The molecule has 4 nitrogen and oxygen atoms in total. The predicted octanol–water partition coefficient (Wildman–Crippen LogP) is 4.88. The standard InChI is InChI=1S/C19H22FN3OS/c20-15-3-1-2-4-16(15)21-11-23-18(25)24-17(22-23)19-8-12-5-13(9-19)7-14(6-12)10-19/h1-4,12-14,21H,5-11H2. The summed E-state index contributed by atoms with van der Waals surface area (Å²) in [5.74, 6) is 3.02. The van der Waals surface area contributed by atoms with Crippen molar-refractivity contribution >= 4 is 17.9 Å². The molecule has 0 unspecified atom stereocenters. The summed E-state index contributed by atoms with van der Waals surface area (Å²) >= 11 is 5.38. The van der Waals surface area contributed by atoms with E-state index in [1.54, 1.807) is 22.9 Å². The lowest BCUT2D eigenvalue weighted by Crippen LogP contribution is -2.48. The van der Waals surface area contributed by atoms with E-state index in [-0.39, 0.29) is 11.2 Å².